The minimum absolute atomic E-state index is 0.0210. The van der Waals surface area contributed by atoms with Gasteiger partial charge in [0.25, 0.3) is 0 Å². The number of rotatable bonds is 3. The maximum atomic E-state index is 12.2. The van der Waals surface area contributed by atoms with E-state index in [0.29, 0.717) is 6.54 Å². The van der Waals surface area contributed by atoms with Gasteiger partial charge in [-0.25, -0.2) is 0 Å². The Bertz CT molecular complexity index is 297. The minimum atomic E-state index is -0.766. The molecule has 1 N–H and O–H groups in total. The summed E-state index contributed by atoms with van der Waals surface area (Å²) in [7, 11) is 0. The summed E-state index contributed by atoms with van der Waals surface area (Å²) >= 11 is 0. The summed E-state index contributed by atoms with van der Waals surface area (Å²) in [5.74, 6) is 0.132. The average molecular weight is 226 g/mol. The fourth-order valence-corrected chi connectivity index (χ4v) is 2.21. The zero-order valence-corrected chi connectivity index (χ0v) is 10.8. The molecule has 92 valence electrons. The highest BCUT2D eigenvalue weighted by Gasteiger charge is 2.45. The first-order valence-corrected chi connectivity index (χ1v) is 5.94. The topological polar surface area (TPSA) is 49.4 Å². The molecule has 0 aromatic rings. The van der Waals surface area contributed by atoms with Crippen LogP contribution in [0.5, 0.6) is 0 Å². The first-order valence-electron chi connectivity index (χ1n) is 5.94. The first-order chi connectivity index (χ1) is 7.31. The molecule has 1 aliphatic rings. The van der Waals surface area contributed by atoms with Crippen LogP contribution in [0, 0.1) is 5.92 Å². The molecule has 0 saturated carbocycles. The van der Waals surface area contributed by atoms with E-state index in [2.05, 4.69) is 5.32 Å². The third kappa shape index (κ3) is 2.20. The van der Waals surface area contributed by atoms with E-state index < -0.39 is 5.54 Å². The average Bonchev–Trinajstić information content (AvgIpc) is 2.12. The molecule has 1 atom stereocenters. The van der Waals surface area contributed by atoms with Gasteiger partial charge in [-0.15, -0.1) is 0 Å². The van der Waals surface area contributed by atoms with Gasteiger partial charge in [0.15, 0.2) is 0 Å². The van der Waals surface area contributed by atoms with Gasteiger partial charge >= 0.3 is 0 Å². The standard InChI is InChI=1S/C12H22N2O2/c1-6-7-14-9(8(2)3)10(15)13-12(4,5)11(14)16/h8-9H,6-7H2,1-5H3,(H,13,15). The number of nitrogens with zero attached hydrogens (tertiary/aromatic N) is 1. The van der Waals surface area contributed by atoms with E-state index in [1.807, 2.05) is 20.8 Å². The highest BCUT2D eigenvalue weighted by molar-refractivity contribution is 5.99. The second kappa shape index (κ2) is 4.44. The predicted octanol–water partition coefficient (Wildman–Crippen LogP) is 1.16. The molecule has 0 bridgehead atoms. The lowest BCUT2D eigenvalue weighted by Crippen LogP contribution is -2.69. The largest absolute Gasteiger partial charge is 0.340 e. The van der Waals surface area contributed by atoms with Crippen LogP contribution in [-0.2, 0) is 9.59 Å². The van der Waals surface area contributed by atoms with Crippen LogP contribution in [0.3, 0.4) is 0 Å². The summed E-state index contributed by atoms with van der Waals surface area (Å²) in [5, 5.41) is 2.80. The molecule has 0 spiro atoms. The van der Waals surface area contributed by atoms with Crippen molar-refractivity contribution >= 4 is 11.8 Å². The normalized spacial score (nSPS) is 24.9. The third-order valence-electron chi connectivity index (χ3n) is 2.93. The number of amides is 2. The summed E-state index contributed by atoms with van der Waals surface area (Å²) in [6.07, 6.45) is 0.873. The molecular weight excluding hydrogens is 204 g/mol. The zero-order valence-electron chi connectivity index (χ0n) is 10.8. The lowest BCUT2D eigenvalue weighted by Gasteiger charge is -2.44. The van der Waals surface area contributed by atoms with Gasteiger partial charge in [-0.2, -0.15) is 0 Å². The fourth-order valence-electron chi connectivity index (χ4n) is 2.21. The lowest BCUT2D eigenvalue weighted by molar-refractivity contribution is -0.155. The number of carbonyl (C=O) groups is 2. The van der Waals surface area contributed by atoms with Gasteiger partial charge in [0, 0.05) is 6.54 Å². The Morgan fingerprint density at radius 3 is 2.38 bits per heavy atom. The molecular formula is C12H22N2O2. The molecule has 0 radical (unpaired) electrons. The van der Waals surface area contributed by atoms with E-state index in [9.17, 15) is 9.59 Å². The first kappa shape index (κ1) is 13.0. The highest BCUT2D eigenvalue weighted by atomic mass is 16.2. The van der Waals surface area contributed by atoms with Gasteiger partial charge in [-0.05, 0) is 26.2 Å². The van der Waals surface area contributed by atoms with Crippen molar-refractivity contribution in [1.82, 2.24) is 10.2 Å². The van der Waals surface area contributed by atoms with Gasteiger partial charge in [-0.3, -0.25) is 9.59 Å². The van der Waals surface area contributed by atoms with Crippen LogP contribution in [0.4, 0.5) is 0 Å². The smallest absolute Gasteiger partial charge is 0.248 e. The summed E-state index contributed by atoms with van der Waals surface area (Å²) < 4.78 is 0. The summed E-state index contributed by atoms with van der Waals surface area (Å²) in [4.78, 5) is 25.9. The van der Waals surface area contributed by atoms with Gasteiger partial charge in [0.05, 0.1) is 0 Å². The molecule has 1 fully saturated rings. The van der Waals surface area contributed by atoms with E-state index in [-0.39, 0.29) is 23.8 Å². The van der Waals surface area contributed by atoms with Crippen LogP contribution in [0.1, 0.15) is 41.0 Å². The molecule has 1 unspecified atom stereocenters. The molecule has 0 aromatic heterocycles. The summed E-state index contributed by atoms with van der Waals surface area (Å²) in [6.45, 7) is 10.1. The van der Waals surface area contributed by atoms with Crippen LogP contribution >= 0.6 is 0 Å². The van der Waals surface area contributed by atoms with Gasteiger partial charge in [0.2, 0.25) is 11.8 Å². The Morgan fingerprint density at radius 2 is 1.94 bits per heavy atom. The molecule has 2 amide bonds. The van der Waals surface area contributed by atoms with Crippen molar-refractivity contribution in [2.45, 2.75) is 52.6 Å². The molecule has 0 aromatic carbocycles. The Hall–Kier alpha value is -1.06. The highest BCUT2D eigenvalue weighted by Crippen LogP contribution is 2.22. The van der Waals surface area contributed by atoms with Crippen molar-refractivity contribution in [3.8, 4) is 0 Å². The van der Waals surface area contributed by atoms with Gasteiger partial charge < -0.3 is 10.2 Å². The molecule has 1 aliphatic heterocycles. The van der Waals surface area contributed by atoms with Crippen molar-refractivity contribution in [3.05, 3.63) is 0 Å². The Labute approximate surface area is 97.4 Å². The minimum Gasteiger partial charge on any atom is -0.340 e. The lowest BCUT2D eigenvalue weighted by atomic mass is 9.91. The Balaban J connectivity index is 3.02. The van der Waals surface area contributed by atoms with Crippen LogP contribution in [0.25, 0.3) is 0 Å². The molecule has 1 saturated heterocycles. The Morgan fingerprint density at radius 1 is 1.38 bits per heavy atom. The number of piperazine rings is 1. The number of hydrogen-bond acceptors (Lipinski definition) is 2. The molecule has 0 aliphatic carbocycles. The predicted molar refractivity (Wildman–Crippen MR) is 62.9 cm³/mol. The fraction of sp³-hybridized carbons (Fsp3) is 0.833. The Kier molecular flexibility index (Phi) is 3.61. The van der Waals surface area contributed by atoms with E-state index in [1.54, 1.807) is 18.7 Å². The van der Waals surface area contributed by atoms with Crippen molar-refractivity contribution in [2.24, 2.45) is 5.92 Å². The molecule has 1 heterocycles. The third-order valence-corrected chi connectivity index (χ3v) is 2.93. The maximum absolute atomic E-state index is 12.2. The zero-order chi connectivity index (χ0) is 12.5. The van der Waals surface area contributed by atoms with Gasteiger partial charge in [0.1, 0.15) is 11.6 Å². The van der Waals surface area contributed by atoms with Crippen LogP contribution < -0.4 is 5.32 Å². The molecule has 1 rings (SSSR count). The van der Waals surface area contributed by atoms with Crippen LogP contribution in [-0.4, -0.2) is 34.8 Å². The van der Waals surface area contributed by atoms with Crippen LogP contribution in [0.2, 0.25) is 0 Å². The maximum Gasteiger partial charge on any atom is 0.248 e. The van der Waals surface area contributed by atoms with Crippen molar-refractivity contribution in [1.29, 1.82) is 0 Å². The van der Waals surface area contributed by atoms with E-state index in [0.717, 1.165) is 6.42 Å². The summed E-state index contributed by atoms with van der Waals surface area (Å²) in [6, 6.07) is -0.319. The molecule has 16 heavy (non-hydrogen) atoms. The van der Waals surface area contributed by atoms with E-state index in [1.165, 1.54) is 0 Å². The van der Waals surface area contributed by atoms with Gasteiger partial charge in [-0.1, -0.05) is 20.8 Å². The number of nitrogens with one attached hydrogen (secondary N) is 1. The number of hydrogen-bond donors (Lipinski definition) is 1. The number of carbonyl (C=O) groups excluding carboxylic acids is 2. The molecule has 4 heteroatoms. The quantitative estimate of drug-likeness (QED) is 0.785. The van der Waals surface area contributed by atoms with E-state index >= 15 is 0 Å². The SMILES string of the molecule is CCCN1C(=O)C(C)(C)NC(=O)C1C(C)C. The van der Waals surface area contributed by atoms with Crippen molar-refractivity contribution in [2.75, 3.05) is 6.54 Å². The monoisotopic (exact) mass is 226 g/mol. The second-order valence-corrected chi connectivity index (χ2v) is 5.30. The second-order valence-electron chi connectivity index (χ2n) is 5.30. The molecule has 4 nitrogen and oxygen atoms in total. The summed E-state index contributed by atoms with van der Waals surface area (Å²) in [5.41, 5.74) is -0.766. The van der Waals surface area contributed by atoms with Crippen molar-refractivity contribution in [3.63, 3.8) is 0 Å². The van der Waals surface area contributed by atoms with Crippen molar-refractivity contribution < 1.29 is 9.59 Å². The van der Waals surface area contributed by atoms with E-state index in [4.69, 9.17) is 0 Å². The van der Waals surface area contributed by atoms with Crippen LogP contribution in [0.15, 0.2) is 0 Å².